The van der Waals surface area contributed by atoms with Gasteiger partial charge in [0.05, 0.1) is 29.2 Å². The third-order valence-electron chi connectivity index (χ3n) is 5.84. The maximum Gasteiger partial charge on any atom is 0.315 e. The molecule has 8 nitrogen and oxygen atoms in total. The maximum atomic E-state index is 13.2. The molecule has 9 heteroatoms. The number of nitrogens with zero attached hydrogens (tertiary/aromatic N) is 1. The van der Waals surface area contributed by atoms with Gasteiger partial charge < -0.3 is 26.0 Å². The fourth-order valence-electron chi connectivity index (χ4n) is 4.10. The van der Waals surface area contributed by atoms with Gasteiger partial charge in [0.1, 0.15) is 0 Å². The van der Waals surface area contributed by atoms with Crippen LogP contribution in [0.1, 0.15) is 37.4 Å². The van der Waals surface area contributed by atoms with Gasteiger partial charge in [0.25, 0.3) is 0 Å². The van der Waals surface area contributed by atoms with Crippen molar-refractivity contribution in [1.82, 2.24) is 15.5 Å². The van der Waals surface area contributed by atoms with E-state index < -0.39 is 11.4 Å². The molecule has 5 atom stereocenters. The number of aliphatic hydroxyl groups excluding tert-OH is 1. The van der Waals surface area contributed by atoms with Gasteiger partial charge in [-0.2, -0.15) is 0 Å². The number of aliphatic hydroxyl groups is 1. The van der Waals surface area contributed by atoms with E-state index in [1.165, 1.54) is 11.8 Å². The van der Waals surface area contributed by atoms with Crippen molar-refractivity contribution in [3.05, 3.63) is 29.3 Å². The number of likely N-dealkylation sites (tertiary alicyclic amines) is 1. The van der Waals surface area contributed by atoms with E-state index >= 15 is 0 Å². The molecular formula is C20H26N4O4S. The van der Waals surface area contributed by atoms with Gasteiger partial charge in [-0.25, -0.2) is 4.79 Å². The zero-order chi connectivity index (χ0) is 20.7. The number of benzene rings is 1. The molecule has 4 rings (SSSR count). The number of hydrogen-bond acceptors (Lipinski definition) is 5. The smallest absolute Gasteiger partial charge is 0.315 e. The molecule has 0 saturated carbocycles. The number of piperidine rings is 1. The summed E-state index contributed by atoms with van der Waals surface area (Å²) in [6.07, 6.45) is 0.109. The molecule has 2 fully saturated rings. The van der Waals surface area contributed by atoms with Crippen LogP contribution in [0.4, 0.5) is 10.5 Å². The van der Waals surface area contributed by atoms with Gasteiger partial charge in [0.15, 0.2) is 0 Å². The molecule has 0 radical (unpaired) electrons. The number of carbonyl (C=O) groups excluding carboxylic acids is 3. The zero-order valence-corrected chi connectivity index (χ0v) is 17.3. The number of hydrogen-bond donors (Lipinski definition) is 4. The fourth-order valence-corrected chi connectivity index (χ4v) is 5.58. The Labute approximate surface area is 173 Å². The Kier molecular flexibility index (Phi) is 5.44. The molecule has 0 aliphatic carbocycles. The van der Waals surface area contributed by atoms with E-state index in [1.54, 1.807) is 4.90 Å². The Morgan fingerprint density at radius 2 is 2.07 bits per heavy atom. The number of amides is 4. The topological polar surface area (TPSA) is 111 Å². The molecule has 29 heavy (non-hydrogen) atoms. The van der Waals surface area contributed by atoms with Crippen LogP contribution >= 0.6 is 11.8 Å². The van der Waals surface area contributed by atoms with Crippen molar-refractivity contribution >= 4 is 35.3 Å². The number of nitrogens with one attached hydrogen (secondary N) is 3. The van der Waals surface area contributed by atoms with Crippen LogP contribution in [0, 0.1) is 5.92 Å². The average molecular weight is 419 g/mol. The summed E-state index contributed by atoms with van der Waals surface area (Å²) in [4.78, 5) is 38.2. The summed E-state index contributed by atoms with van der Waals surface area (Å²) in [6, 6.07) is 5.30. The molecule has 1 aromatic carbocycles. The van der Waals surface area contributed by atoms with Gasteiger partial charge in [-0.05, 0) is 30.5 Å². The first-order valence-electron chi connectivity index (χ1n) is 9.93. The lowest BCUT2D eigenvalue weighted by atomic mass is 9.98. The predicted molar refractivity (Wildman–Crippen MR) is 110 cm³/mol. The third-order valence-corrected chi connectivity index (χ3v) is 7.44. The first kappa shape index (κ1) is 20.0. The van der Waals surface area contributed by atoms with E-state index in [0.29, 0.717) is 19.4 Å². The highest BCUT2D eigenvalue weighted by Gasteiger charge is 2.40. The van der Waals surface area contributed by atoms with Gasteiger partial charge in [-0.15, -0.1) is 11.8 Å². The standard InChI is InChI=1S/C20H26N4O4S/c1-10-8-21-20(28)23-18(10)29-16-7-14(25)9-24(19(16)27)11(2)12-3-4-15-13(5-12)6-17(26)22-15/h3-5,10-11,14,16,18,25H,6-9H2,1-2H3,(H,22,26)(H2,21,23,28)/t10?,11-,14?,16-,18?/m1/s1. The summed E-state index contributed by atoms with van der Waals surface area (Å²) in [5, 5.41) is 18.3. The molecule has 1 aromatic rings. The van der Waals surface area contributed by atoms with Crippen LogP contribution in [-0.4, -0.2) is 57.7 Å². The van der Waals surface area contributed by atoms with Crippen LogP contribution in [0.25, 0.3) is 0 Å². The molecule has 3 unspecified atom stereocenters. The second-order valence-electron chi connectivity index (χ2n) is 8.07. The zero-order valence-electron chi connectivity index (χ0n) is 16.5. The highest BCUT2D eigenvalue weighted by atomic mass is 32.2. The lowest BCUT2D eigenvalue weighted by molar-refractivity contribution is -0.138. The summed E-state index contributed by atoms with van der Waals surface area (Å²) in [5.74, 6) is 0.128. The molecular weight excluding hydrogens is 392 g/mol. The molecule has 3 aliphatic rings. The largest absolute Gasteiger partial charge is 0.391 e. The SMILES string of the molecule is CC1CNC(=O)NC1S[C@@H]1CC(O)CN([C@H](C)c2ccc3c(c2)CC(=O)N3)C1=O. The second-order valence-corrected chi connectivity index (χ2v) is 9.42. The number of carbonyl (C=O) groups is 3. The summed E-state index contributed by atoms with van der Waals surface area (Å²) < 4.78 is 0. The normalized spacial score (nSPS) is 30.3. The van der Waals surface area contributed by atoms with Crippen molar-refractivity contribution in [2.24, 2.45) is 5.92 Å². The Hall–Kier alpha value is -2.26. The van der Waals surface area contributed by atoms with E-state index in [4.69, 9.17) is 0 Å². The number of β-amino-alcohol motifs (C(OH)–C–C–N with tert-alkyl or cyclic N) is 1. The minimum atomic E-state index is -0.613. The van der Waals surface area contributed by atoms with Crippen LogP contribution in [0.2, 0.25) is 0 Å². The minimum absolute atomic E-state index is 0.0242. The van der Waals surface area contributed by atoms with E-state index in [1.807, 2.05) is 32.0 Å². The lowest BCUT2D eigenvalue weighted by Gasteiger charge is -2.41. The second kappa shape index (κ2) is 7.87. The quantitative estimate of drug-likeness (QED) is 0.588. The van der Waals surface area contributed by atoms with Crippen molar-refractivity contribution in [2.75, 3.05) is 18.4 Å². The van der Waals surface area contributed by atoms with Crippen molar-refractivity contribution in [1.29, 1.82) is 0 Å². The average Bonchev–Trinajstić information content (AvgIpc) is 3.05. The Balaban J connectivity index is 1.50. The van der Waals surface area contributed by atoms with E-state index in [-0.39, 0.29) is 41.7 Å². The molecule has 0 aromatic heterocycles. The molecule has 0 bridgehead atoms. The van der Waals surface area contributed by atoms with Gasteiger partial charge in [0, 0.05) is 24.7 Å². The van der Waals surface area contributed by atoms with Crippen molar-refractivity contribution in [3.63, 3.8) is 0 Å². The molecule has 4 amide bonds. The number of thioether (sulfide) groups is 1. The van der Waals surface area contributed by atoms with Crippen LogP contribution in [0.5, 0.6) is 0 Å². The van der Waals surface area contributed by atoms with Gasteiger partial charge >= 0.3 is 6.03 Å². The van der Waals surface area contributed by atoms with Gasteiger partial charge in [0.2, 0.25) is 11.8 Å². The van der Waals surface area contributed by atoms with Crippen LogP contribution < -0.4 is 16.0 Å². The van der Waals surface area contributed by atoms with E-state index in [9.17, 15) is 19.5 Å². The minimum Gasteiger partial charge on any atom is -0.391 e. The molecule has 0 spiro atoms. The summed E-state index contributed by atoms with van der Waals surface area (Å²) in [7, 11) is 0. The van der Waals surface area contributed by atoms with Crippen LogP contribution in [-0.2, 0) is 16.0 Å². The first-order chi connectivity index (χ1) is 13.8. The molecule has 4 N–H and O–H groups in total. The summed E-state index contributed by atoms with van der Waals surface area (Å²) in [6.45, 7) is 4.81. The van der Waals surface area contributed by atoms with Crippen LogP contribution in [0.15, 0.2) is 18.2 Å². The predicted octanol–water partition coefficient (Wildman–Crippen LogP) is 1.21. The number of fused-ring (bicyclic) bond motifs is 1. The van der Waals surface area contributed by atoms with Gasteiger partial charge in [-0.3, -0.25) is 9.59 Å². The monoisotopic (exact) mass is 418 g/mol. The lowest BCUT2D eigenvalue weighted by Crippen LogP contribution is -2.55. The van der Waals surface area contributed by atoms with E-state index in [0.717, 1.165) is 16.8 Å². The van der Waals surface area contributed by atoms with Crippen molar-refractivity contribution in [2.45, 2.75) is 49.5 Å². The van der Waals surface area contributed by atoms with E-state index in [2.05, 4.69) is 16.0 Å². The maximum absolute atomic E-state index is 13.2. The number of rotatable bonds is 4. The number of anilines is 1. The highest BCUT2D eigenvalue weighted by Crippen LogP contribution is 2.35. The molecule has 3 aliphatic heterocycles. The highest BCUT2D eigenvalue weighted by molar-refractivity contribution is 8.01. The number of urea groups is 1. The molecule has 3 heterocycles. The Morgan fingerprint density at radius 1 is 1.28 bits per heavy atom. The van der Waals surface area contributed by atoms with Crippen molar-refractivity contribution in [3.8, 4) is 0 Å². The van der Waals surface area contributed by atoms with Crippen LogP contribution in [0.3, 0.4) is 0 Å². The fraction of sp³-hybridized carbons (Fsp3) is 0.550. The third kappa shape index (κ3) is 4.06. The van der Waals surface area contributed by atoms with Gasteiger partial charge in [-0.1, -0.05) is 19.1 Å². The first-order valence-corrected chi connectivity index (χ1v) is 10.9. The Morgan fingerprint density at radius 3 is 2.86 bits per heavy atom. The summed E-state index contributed by atoms with van der Waals surface area (Å²) in [5.41, 5.74) is 2.69. The molecule has 2 saturated heterocycles. The Bertz CT molecular complexity index is 848. The summed E-state index contributed by atoms with van der Waals surface area (Å²) >= 11 is 1.42. The molecule has 156 valence electrons. The van der Waals surface area contributed by atoms with Crippen molar-refractivity contribution < 1.29 is 19.5 Å².